The molecule has 0 radical (unpaired) electrons. The summed E-state index contributed by atoms with van der Waals surface area (Å²) in [6.07, 6.45) is -8.41. The maximum absolute atomic E-state index is 12.5. The summed E-state index contributed by atoms with van der Waals surface area (Å²) in [6, 6.07) is 0. The molecule has 1 N–H and O–H groups in total. The smallest absolute Gasteiger partial charge is 0.382 e. The highest BCUT2D eigenvalue weighted by Gasteiger charge is 2.71. The summed E-state index contributed by atoms with van der Waals surface area (Å²) in [7, 11) is 1.73. The van der Waals surface area contributed by atoms with Crippen LogP contribution >= 0.6 is 0 Å². The number of rotatable bonds is 4. The normalized spacial score (nSPS) is 28.5. The summed E-state index contributed by atoms with van der Waals surface area (Å²) >= 11 is 0. The molecule has 2 fully saturated rings. The zero-order valence-electron chi connectivity index (χ0n) is 14.2. The van der Waals surface area contributed by atoms with Crippen molar-refractivity contribution >= 4 is 0 Å². The fraction of sp³-hybridized carbons (Fsp3) is 1.00. The van der Waals surface area contributed by atoms with Gasteiger partial charge in [0.25, 0.3) is 5.60 Å². The highest BCUT2D eigenvalue weighted by molar-refractivity contribution is 5.00. The fourth-order valence-corrected chi connectivity index (χ4v) is 3.56. The molecule has 0 heterocycles. The highest BCUT2D eigenvalue weighted by Crippen LogP contribution is 2.55. The quantitative estimate of drug-likeness (QED) is 0.704. The molecule has 0 amide bonds. The molecule has 2 nitrogen and oxygen atoms in total. The summed E-state index contributed by atoms with van der Waals surface area (Å²) in [4.78, 5) is 0. The standard InChI is InChI=1S/C11H14F6O.C5H12O/c12-10(13,14)9(18,11(15,16)17)5-8-4-6-1-2-7(8)3-6;1-4-5(2)6-3/h6-8,18H,1-5H2;5H,4H2,1-3H3. The van der Waals surface area contributed by atoms with Gasteiger partial charge in [-0.3, -0.25) is 0 Å². The molecule has 2 saturated carbocycles. The van der Waals surface area contributed by atoms with Crippen molar-refractivity contribution in [3.63, 3.8) is 0 Å². The fourth-order valence-electron chi connectivity index (χ4n) is 3.56. The number of halogens is 6. The van der Waals surface area contributed by atoms with Crippen LogP contribution in [0.3, 0.4) is 0 Å². The van der Waals surface area contributed by atoms with E-state index in [-0.39, 0.29) is 11.8 Å². The lowest BCUT2D eigenvalue weighted by molar-refractivity contribution is -0.373. The van der Waals surface area contributed by atoms with E-state index in [4.69, 9.17) is 9.84 Å². The second-order valence-electron chi connectivity index (χ2n) is 6.95. The second-order valence-corrected chi connectivity index (χ2v) is 6.95. The maximum atomic E-state index is 12.5. The third-order valence-electron chi connectivity index (χ3n) is 5.36. The summed E-state index contributed by atoms with van der Waals surface area (Å²) < 4.78 is 80.1. The van der Waals surface area contributed by atoms with Gasteiger partial charge < -0.3 is 9.84 Å². The molecule has 4 unspecified atom stereocenters. The largest absolute Gasteiger partial charge is 0.426 e. The van der Waals surface area contributed by atoms with Crippen LogP contribution in [0.5, 0.6) is 0 Å². The molecule has 2 rings (SSSR count). The van der Waals surface area contributed by atoms with Crippen LogP contribution in [-0.4, -0.2) is 36.3 Å². The SMILES string of the molecule is CCC(C)OC.OC(CC1CC2CCC1C2)(C(F)(F)F)C(F)(F)F. The Morgan fingerprint density at radius 3 is 1.83 bits per heavy atom. The van der Waals surface area contributed by atoms with Crippen LogP contribution in [-0.2, 0) is 4.74 Å². The Bertz CT molecular complexity index is 375. The molecular weight excluding hydrogens is 338 g/mol. The molecule has 2 aliphatic rings. The molecule has 0 aromatic heterocycles. The van der Waals surface area contributed by atoms with E-state index < -0.39 is 30.3 Å². The molecule has 0 aromatic carbocycles. The van der Waals surface area contributed by atoms with Gasteiger partial charge in [0.2, 0.25) is 0 Å². The molecule has 0 saturated heterocycles. The lowest BCUT2D eigenvalue weighted by atomic mass is 9.79. The Hall–Kier alpha value is -0.500. The number of fused-ring (bicyclic) bond motifs is 2. The Morgan fingerprint density at radius 2 is 1.58 bits per heavy atom. The van der Waals surface area contributed by atoms with Crippen LogP contribution in [0.15, 0.2) is 0 Å². The summed E-state index contributed by atoms with van der Waals surface area (Å²) in [5.74, 6) is -0.519. The first-order valence-electron chi connectivity index (χ1n) is 8.24. The molecular formula is C16H26F6O2. The van der Waals surface area contributed by atoms with Crippen molar-refractivity contribution in [3.05, 3.63) is 0 Å². The Kier molecular flexibility index (Phi) is 7.01. The van der Waals surface area contributed by atoms with E-state index in [0.717, 1.165) is 12.8 Å². The maximum Gasteiger partial charge on any atom is 0.426 e. The molecule has 8 heteroatoms. The van der Waals surface area contributed by atoms with Gasteiger partial charge in [-0.2, -0.15) is 26.3 Å². The third kappa shape index (κ3) is 4.77. The van der Waals surface area contributed by atoms with Gasteiger partial charge in [0, 0.05) is 7.11 Å². The summed E-state index contributed by atoms with van der Waals surface area (Å²) in [6.45, 7) is 4.16. The van der Waals surface area contributed by atoms with Crippen LogP contribution in [0.4, 0.5) is 26.3 Å². The van der Waals surface area contributed by atoms with E-state index in [1.807, 2.05) is 0 Å². The second kappa shape index (κ2) is 7.81. The Balaban J connectivity index is 0.000000413. The van der Waals surface area contributed by atoms with Gasteiger partial charge in [-0.25, -0.2) is 0 Å². The number of ether oxygens (including phenoxy) is 1. The Labute approximate surface area is 138 Å². The van der Waals surface area contributed by atoms with E-state index in [1.165, 1.54) is 0 Å². The van der Waals surface area contributed by atoms with E-state index >= 15 is 0 Å². The third-order valence-corrected chi connectivity index (χ3v) is 5.36. The highest BCUT2D eigenvalue weighted by atomic mass is 19.4. The lowest BCUT2D eigenvalue weighted by Crippen LogP contribution is -2.58. The van der Waals surface area contributed by atoms with Gasteiger partial charge in [0.05, 0.1) is 6.10 Å². The summed E-state index contributed by atoms with van der Waals surface area (Å²) in [5, 5.41) is 9.12. The van der Waals surface area contributed by atoms with E-state index in [9.17, 15) is 26.3 Å². The molecule has 144 valence electrons. The van der Waals surface area contributed by atoms with Gasteiger partial charge in [-0.1, -0.05) is 13.3 Å². The van der Waals surface area contributed by atoms with E-state index in [0.29, 0.717) is 25.4 Å². The van der Waals surface area contributed by atoms with Gasteiger partial charge >= 0.3 is 12.4 Å². The van der Waals surface area contributed by atoms with Crippen LogP contribution in [0.1, 0.15) is 52.4 Å². The molecule has 0 aromatic rings. The minimum atomic E-state index is -5.67. The van der Waals surface area contributed by atoms with Crippen LogP contribution in [0.2, 0.25) is 0 Å². The average Bonchev–Trinajstić information content (AvgIpc) is 3.07. The van der Waals surface area contributed by atoms with Crippen LogP contribution < -0.4 is 0 Å². The lowest BCUT2D eigenvalue weighted by Gasteiger charge is -2.36. The van der Waals surface area contributed by atoms with Crippen molar-refractivity contribution in [2.75, 3.05) is 7.11 Å². The van der Waals surface area contributed by atoms with E-state index in [2.05, 4.69) is 13.8 Å². The molecule has 2 aliphatic carbocycles. The van der Waals surface area contributed by atoms with E-state index in [1.54, 1.807) is 7.11 Å². The van der Waals surface area contributed by atoms with Crippen molar-refractivity contribution in [1.29, 1.82) is 0 Å². The molecule has 4 atom stereocenters. The first-order valence-corrected chi connectivity index (χ1v) is 8.24. The summed E-state index contributed by atoms with van der Waals surface area (Å²) in [5.41, 5.74) is -4.56. The predicted octanol–water partition coefficient (Wildman–Crippen LogP) is 5.10. The monoisotopic (exact) mass is 364 g/mol. The van der Waals surface area contributed by atoms with Crippen molar-refractivity contribution in [3.8, 4) is 0 Å². The molecule has 24 heavy (non-hydrogen) atoms. The zero-order valence-corrected chi connectivity index (χ0v) is 14.2. The van der Waals surface area contributed by atoms with Crippen molar-refractivity contribution in [2.24, 2.45) is 17.8 Å². The number of hydrogen-bond donors (Lipinski definition) is 1. The van der Waals surface area contributed by atoms with Gasteiger partial charge in [0.1, 0.15) is 0 Å². The molecule has 0 aliphatic heterocycles. The molecule has 2 bridgehead atoms. The Morgan fingerprint density at radius 1 is 1.04 bits per heavy atom. The number of hydrogen-bond acceptors (Lipinski definition) is 2. The first-order chi connectivity index (χ1) is 10.9. The van der Waals surface area contributed by atoms with Crippen molar-refractivity contribution in [1.82, 2.24) is 0 Å². The molecule has 0 spiro atoms. The zero-order chi connectivity index (χ0) is 18.8. The minimum absolute atomic E-state index is 0.0915. The van der Waals surface area contributed by atoms with Gasteiger partial charge in [-0.15, -0.1) is 0 Å². The van der Waals surface area contributed by atoms with Crippen molar-refractivity contribution < 1.29 is 36.2 Å². The topological polar surface area (TPSA) is 29.5 Å². The first kappa shape index (κ1) is 21.5. The number of methoxy groups -OCH3 is 1. The number of aliphatic hydroxyl groups is 1. The van der Waals surface area contributed by atoms with Crippen LogP contribution in [0, 0.1) is 17.8 Å². The van der Waals surface area contributed by atoms with Gasteiger partial charge in [0.15, 0.2) is 0 Å². The van der Waals surface area contributed by atoms with Crippen molar-refractivity contribution in [2.45, 2.75) is 76.4 Å². The average molecular weight is 364 g/mol. The number of alkyl halides is 6. The van der Waals surface area contributed by atoms with Crippen LogP contribution in [0.25, 0.3) is 0 Å². The minimum Gasteiger partial charge on any atom is -0.382 e. The van der Waals surface area contributed by atoms with Gasteiger partial charge in [-0.05, 0) is 56.8 Å². The predicted molar refractivity (Wildman–Crippen MR) is 77.4 cm³/mol.